The van der Waals surface area contributed by atoms with Gasteiger partial charge in [-0.05, 0) is 37.5 Å². The fourth-order valence-corrected chi connectivity index (χ4v) is 3.39. The highest BCUT2D eigenvalue weighted by atomic mass is 32.1. The number of amides is 1. The third-order valence-electron chi connectivity index (χ3n) is 4.30. The Balaban J connectivity index is 2.14. The predicted octanol–water partition coefficient (Wildman–Crippen LogP) is 1.31. The van der Waals surface area contributed by atoms with Crippen molar-refractivity contribution in [2.45, 2.75) is 38.1 Å². The van der Waals surface area contributed by atoms with Crippen LogP contribution in [0.25, 0.3) is 0 Å². The summed E-state index contributed by atoms with van der Waals surface area (Å²) in [5.41, 5.74) is -1.00. The minimum absolute atomic E-state index is 0.112. The maximum absolute atomic E-state index is 11.9. The molecule has 0 aromatic heterocycles. The first-order valence-corrected chi connectivity index (χ1v) is 6.79. The van der Waals surface area contributed by atoms with E-state index >= 15 is 0 Å². The number of carbonyl (C=O) groups excluding carboxylic acids is 1. The third kappa shape index (κ3) is 2.05. The van der Waals surface area contributed by atoms with Gasteiger partial charge in [-0.1, -0.05) is 6.92 Å². The largest absolute Gasteiger partial charge is 0.479 e. The molecule has 2 N–H and O–H groups in total. The minimum atomic E-state index is -1.00. The van der Waals surface area contributed by atoms with Crippen molar-refractivity contribution >= 4 is 24.5 Å². The first kappa shape index (κ1) is 12.7. The Kier molecular flexibility index (Phi) is 3.39. The number of aliphatic carboxylic acids is 1. The van der Waals surface area contributed by atoms with E-state index in [-0.39, 0.29) is 17.7 Å². The van der Waals surface area contributed by atoms with E-state index in [9.17, 15) is 14.7 Å². The summed E-state index contributed by atoms with van der Waals surface area (Å²) in [6.07, 6.45) is 3.57. The van der Waals surface area contributed by atoms with Crippen molar-refractivity contribution in [1.82, 2.24) is 5.32 Å². The Hall–Kier alpha value is -0.710. The topological polar surface area (TPSA) is 66.4 Å². The summed E-state index contributed by atoms with van der Waals surface area (Å²) in [6, 6.07) is 0. The Labute approximate surface area is 107 Å². The van der Waals surface area contributed by atoms with Gasteiger partial charge in [0.25, 0.3) is 0 Å². The summed E-state index contributed by atoms with van der Waals surface area (Å²) in [5, 5.41) is 12.2. The van der Waals surface area contributed by atoms with Crippen LogP contribution in [0, 0.1) is 17.8 Å². The first-order valence-electron chi connectivity index (χ1n) is 6.16. The number of hydrogen-bond acceptors (Lipinski definition) is 3. The highest BCUT2D eigenvalue weighted by Gasteiger charge is 2.56. The van der Waals surface area contributed by atoms with Gasteiger partial charge in [0.1, 0.15) is 5.54 Å². The molecule has 0 radical (unpaired) electrons. The van der Waals surface area contributed by atoms with Gasteiger partial charge >= 0.3 is 5.97 Å². The van der Waals surface area contributed by atoms with E-state index in [0.717, 1.165) is 19.3 Å². The molecule has 0 spiro atoms. The Morgan fingerprint density at radius 3 is 2.65 bits per heavy atom. The van der Waals surface area contributed by atoms with Crippen molar-refractivity contribution in [2.24, 2.45) is 17.8 Å². The second-order valence-electron chi connectivity index (χ2n) is 5.43. The molecule has 0 aromatic carbocycles. The molecular formula is C12H19NO3S. The van der Waals surface area contributed by atoms with Gasteiger partial charge in [0.05, 0.1) is 0 Å². The summed E-state index contributed by atoms with van der Waals surface area (Å²) in [7, 11) is 0. The number of thiol groups is 1. The fourth-order valence-electron chi connectivity index (χ4n) is 3.22. The fraction of sp³-hybridized carbons (Fsp3) is 0.833. The van der Waals surface area contributed by atoms with E-state index in [1.807, 2.05) is 0 Å². The van der Waals surface area contributed by atoms with Crippen LogP contribution in [0.1, 0.15) is 32.6 Å². The van der Waals surface area contributed by atoms with Crippen molar-refractivity contribution in [3.63, 3.8) is 0 Å². The lowest BCUT2D eigenvalue weighted by Gasteiger charge is -2.35. The average Bonchev–Trinajstić information content (AvgIpc) is 2.88. The van der Waals surface area contributed by atoms with Gasteiger partial charge in [-0.2, -0.15) is 12.6 Å². The van der Waals surface area contributed by atoms with Gasteiger partial charge in [0, 0.05) is 11.7 Å². The summed E-state index contributed by atoms with van der Waals surface area (Å²) in [5.74, 6) is -0.271. The molecule has 4 unspecified atom stereocenters. The minimum Gasteiger partial charge on any atom is -0.479 e. The molecule has 0 saturated heterocycles. The number of carboxylic acids is 1. The molecule has 2 rings (SSSR count). The van der Waals surface area contributed by atoms with Crippen LogP contribution in [0.2, 0.25) is 0 Å². The zero-order valence-electron chi connectivity index (χ0n) is 9.98. The van der Waals surface area contributed by atoms with Gasteiger partial charge in [0.15, 0.2) is 0 Å². The smallest absolute Gasteiger partial charge is 0.329 e. The molecule has 1 amide bonds. The number of carbonyl (C=O) groups is 2. The Bertz CT molecular complexity index is 347. The van der Waals surface area contributed by atoms with Gasteiger partial charge in [0.2, 0.25) is 5.91 Å². The summed E-state index contributed by atoms with van der Waals surface area (Å²) in [4.78, 5) is 23.4. The molecule has 2 fully saturated rings. The van der Waals surface area contributed by atoms with Crippen molar-refractivity contribution in [3.05, 3.63) is 0 Å². The number of rotatable bonds is 4. The van der Waals surface area contributed by atoms with Gasteiger partial charge in [-0.15, -0.1) is 0 Å². The molecule has 0 aliphatic heterocycles. The molecule has 4 nitrogen and oxygen atoms in total. The van der Waals surface area contributed by atoms with E-state index in [1.54, 1.807) is 6.92 Å². The average molecular weight is 257 g/mol. The molecule has 2 bridgehead atoms. The monoisotopic (exact) mass is 257 g/mol. The van der Waals surface area contributed by atoms with Crippen molar-refractivity contribution in [3.8, 4) is 0 Å². The lowest BCUT2D eigenvalue weighted by Crippen LogP contribution is -2.59. The van der Waals surface area contributed by atoms with E-state index in [2.05, 4.69) is 17.9 Å². The second kappa shape index (κ2) is 4.52. The van der Waals surface area contributed by atoms with E-state index < -0.39 is 11.5 Å². The number of carboxylic acid groups (broad SMARTS) is 1. The second-order valence-corrected chi connectivity index (χ2v) is 5.79. The lowest BCUT2D eigenvalue weighted by atomic mass is 9.80. The van der Waals surface area contributed by atoms with Crippen LogP contribution >= 0.6 is 12.6 Å². The van der Waals surface area contributed by atoms with Crippen LogP contribution in [-0.4, -0.2) is 28.3 Å². The van der Waals surface area contributed by atoms with Gasteiger partial charge in [-0.25, -0.2) is 4.79 Å². The van der Waals surface area contributed by atoms with Crippen molar-refractivity contribution < 1.29 is 14.7 Å². The molecule has 0 heterocycles. The standard InChI is InChI=1S/C12H19NO3S/c1-7(6-17)10(14)13-12(11(15)16)5-8-2-3-9(12)4-8/h7-9,17H,2-6H2,1H3,(H,13,14)(H,15,16). The molecule has 2 aliphatic carbocycles. The SMILES string of the molecule is CC(CS)C(=O)NC1(C(=O)O)CC2CCC1C2. The van der Waals surface area contributed by atoms with Crippen molar-refractivity contribution in [2.75, 3.05) is 5.75 Å². The van der Waals surface area contributed by atoms with E-state index in [0.29, 0.717) is 18.1 Å². The van der Waals surface area contributed by atoms with Crippen LogP contribution in [0.15, 0.2) is 0 Å². The molecule has 96 valence electrons. The molecule has 2 saturated carbocycles. The molecular weight excluding hydrogens is 238 g/mol. The first-order chi connectivity index (χ1) is 7.99. The number of hydrogen-bond donors (Lipinski definition) is 3. The summed E-state index contributed by atoms with van der Waals surface area (Å²) in [6.45, 7) is 1.77. The van der Waals surface area contributed by atoms with E-state index in [1.165, 1.54) is 0 Å². The van der Waals surface area contributed by atoms with E-state index in [4.69, 9.17) is 0 Å². The number of fused-ring (bicyclic) bond motifs is 2. The maximum Gasteiger partial charge on any atom is 0.329 e. The van der Waals surface area contributed by atoms with Crippen LogP contribution in [0.5, 0.6) is 0 Å². The van der Waals surface area contributed by atoms with Crippen LogP contribution in [0.3, 0.4) is 0 Å². The normalized spacial score (nSPS) is 36.8. The third-order valence-corrected chi connectivity index (χ3v) is 4.85. The zero-order chi connectivity index (χ0) is 12.6. The van der Waals surface area contributed by atoms with Gasteiger partial charge in [-0.3, -0.25) is 4.79 Å². The highest BCUT2D eigenvalue weighted by Crippen LogP contribution is 2.50. The molecule has 2 aliphatic rings. The number of nitrogens with one attached hydrogen (secondary N) is 1. The van der Waals surface area contributed by atoms with Crippen LogP contribution < -0.4 is 5.32 Å². The predicted molar refractivity (Wildman–Crippen MR) is 67.0 cm³/mol. The quantitative estimate of drug-likeness (QED) is 0.665. The van der Waals surface area contributed by atoms with Crippen molar-refractivity contribution in [1.29, 1.82) is 0 Å². The van der Waals surface area contributed by atoms with Crippen LogP contribution in [0.4, 0.5) is 0 Å². The Morgan fingerprint density at radius 2 is 2.24 bits per heavy atom. The molecule has 0 aromatic rings. The summed E-state index contributed by atoms with van der Waals surface area (Å²) >= 11 is 4.08. The molecule has 4 atom stereocenters. The van der Waals surface area contributed by atoms with Gasteiger partial charge < -0.3 is 10.4 Å². The zero-order valence-corrected chi connectivity index (χ0v) is 10.9. The van der Waals surface area contributed by atoms with Crippen LogP contribution in [-0.2, 0) is 9.59 Å². The Morgan fingerprint density at radius 1 is 1.53 bits per heavy atom. The lowest BCUT2D eigenvalue weighted by molar-refractivity contribution is -0.150. The summed E-state index contributed by atoms with van der Waals surface area (Å²) < 4.78 is 0. The maximum atomic E-state index is 11.9. The highest BCUT2D eigenvalue weighted by molar-refractivity contribution is 7.80. The molecule has 5 heteroatoms. The molecule has 17 heavy (non-hydrogen) atoms.